The Kier molecular flexibility index (Phi) is 4.71. The van der Waals surface area contributed by atoms with Gasteiger partial charge in [0.05, 0.1) is 36.0 Å². The van der Waals surface area contributed by atoms with Crippen LogP contribution < -0.4 is 9.46 Å². The highest BCUT2D eigenvalue weighted by atomic mass is 32.2. The average Bonchev–Trinajstić information content (AvgIpc) is 3.30. The second-order valence-electron chi connectivity index (χ2n) is 7.97. The fourth-order valence-electron chi connectivity index (χ4n) is 4.67. The van der Waals surface area contributed by atoms with E-state index < -0.39 is 10.0 Å². The highest BCUT2D eigenvalue weighted by molar-refractivity contribution is 7.89. The molecular formula is C21H23N5O4S. The third-order valence-corrected chi connectivity index (χ3v) is 7.52. The summed E-state index contributed by atoms with van der Waals surface area (Å²) in [4.78, 5) is 19.5. The zero-order valence-corrected chi connectivity index (χ0v) is 18.1. The van der Waals surface area contributed by atoms with Crippen molar-refractivity contribution in [2.75, 3.05) is 13.7 Å². The topological polar surface area (TPSA) is 106 Å². The molecule has 1 aromatic carbocycles. The van der Waals surface area contributed by atoms with E-state index in [1.165, 1.54) is 19.2 Å². The Labute approximate surface area is 180 Å². The van der Waals surface area contributed by atoms with Crippen molar-refractivity contribution in [1.82, 2.24) is 24.2 Å². The van der Waals surface area contributed by atoms with Crippen LogP contribution in [0.2, 0.25) is 0 Å². The van der Waals surface area contributed by atoms with Gasteiger partial charge in [0.1, 0.15) is 5.75 Å². The molecule has 2 aliphatic heterocycles. The third kappa shape index (κ3) is 3.35. The number of benzene rings is 1. The van der Waals surface area contributed by atoms with Crippen LogP contribution in [0.25, 0.3) is 5.65 Å². The van der Waals surface area contributed by atoms with Crippen molar-refractivity contribution in [3.8, 4) is 5.75 Å². The summed E-state index contributed by atoms with van der Waals surface area (Å²) >= 11 is 0. The van der Waals surface area contributed by atoms with Crippen LogP contribution in [0.1, 0.15) is 35.8 Å². The van der Waals surface area contributed by atoms with Crippen molar-refractivity contribution in [1.29, 1.82) is 0 Å². The highest BCUT2D eigenvalue weighted by Gasteiger charge is 2.43. The second-order valence-corrected chi connectivity index (χ2v) is 9.74. The Balaban J connectivity index is 1.35. The normalized spacial score (nSPS) is 20.1. The molecule has 0 saturated carbocycles. The predicted octanol–water partition coefficient (Wildman–Crippen LogP) is 1.61. The number of ether oxygens (including phenoxy) is 1. The van der Waals surface area contributed by atoms with Crippen molar-refractivity contribution in [2.45, 2.75) is 43.2 Å². The number of fused-ring (bicyclic) bond motifs is 6. The van der Waals surface area contributed by atoms with Crippen molar-refractivity contribution >= 4 is 21.6 Å². The Morgan fingerprint density at radius 1 is 1.26 bits per heavy atom. The molecule has 31 heavy (non-hydrogen) atoms. The van der Waals surface area contributed by atoms with Gasteiger partial charge in [-0.25, -0.2) is 22.6 Å². The summed E-state index contributed by atoms with van der Waals surface area (Å²) in [7, 11) is -2.29. The molecule has 2 aliphatic rings. The van der Waals surface area contributed by atoms with Gasteiger partial charge in [-0.05, 0) is 44.0 Å². The van der Waals surface area contributed by atoms with Gasteiger partial charge < -0.3 is 9.64 Å². The fraction of sp³-hybridized carbons (Fsp3) is 0.381. The van der Waals surface area contributed by atoms with Crippen LogP contribution >= 0.6 is 0 Å². The molecule has 1 N–H and O–H groups in total. The van der Waals surface area contributed by atoms with E-state index in [0.29, 0.717) is 12.2 Å². The number of amides is 1. The van der Waals surface area contributed by atoms with Gasteiger partial charge in [0, 0.05) is 30.3 Å². The maximum absolute atomic E-state index is 13.1. The molecule has 2 bridgehead atoms. The first-order valence-electron chi connectivity index (χ1n) is 10.2. The molecule has 5 rings (SSSR count). The number of sulfonamides is 1. The van der Waals surface area contributed by atoms with Gasteiger partial charge in [0.15, 0.2) is 5.65 Å². The SMILES string of the molecule is COc1ccc(S(=O)(=O)NCC(=O)N2C3CCC2c2cnc4cc(C)nn4c2C3)cc1. The van der Waals surface area contributed by atoms with Gasteiger partial charge in [-0.15, -0.1) is 0 Å². The van der Waals surface area contributed by atoms with Crippen LogP contribution in [0.5, 0.6) is 5.75 Å². The van der Waals surface area contributed by atoms with Crippen LogP contribution in [-0.2, 0) is 21.2 Å². The summed E-state index contributed by atoms with van der Waals surface area (Å²) in [5, 5.41) is 4.56. The molecule has 0 spiro atoms. The van der Waals surface area contributed by atoms with Gasteiger partial charge in [-0.1, -0.05) is 0 Å². The fourth-order valence-corrected chi connectivity index (χ4v) is 5.64. The van der Waals surface area contributed by atoms with E-state index >= 15 is 0 Å². The molecule has 3 aromatic rings. The van der Waals surface area contributed by atoms with E-state index in [1.807, 2.05) is 28.6 Å². The van der Waals surface area contributed by atoms with Crippen molar-refractivity contribution in [3.05, 3.63) is 53.5 Å². The van der Waals surface area contributed by atoms with Crippen LogP contribution in [0.15, 0.2) is 41.4 Å². The number of aryl methyl sites for hydroxylation is 1. The Morgan fingerprint density at radius 2 is 2.03 bits per heavy atom. The maximum atomic E-state index is 13.1. The summed E-state index contributed by atoms with van der Waals surface area (Å²) in [6.45, 7) is 1.65. The zero-order chi connectivity index (χ0) is 21.8. The third-order valence-electron chi connectivity index (χ3n) is 6.10. The molecule has 0 aliphatic carbocycles. The highest BCUT2D eigenvalue weighted by Crippen LogP contribution is 2.43. The molecule has 2 aromatic heterocycles. The first-order chi connectivity index (χ1) is 14.9. The van der Waals surface area contributed by atoms with Crippen molar-refractivity contribution in [2.24, 2.45) is 0 Å². The summed E-state index contributed by atoms with van der Waals surface area (Å²) in [6.07, 6.45) is 4.23. The standard InChI is InChI=1S/C21H23N5O4S/c1-13-9-20-22-11-17-18-8-3-14(10-19(17)26(20)24-13)25(18)21(27)12-23-31(28,29)16-6-4-15(30-2)5-7-16/h4-7,9,11,14,18,23H,3,8,10,12H2,1-2H3. The molecular weight excluding hydrogens is 418 g/mol. The Bertz CT molecular complexity index is 1270. The van der Waals surface area contributed by atoms with Crippen molar-refractivity contribution < 1.29 is 17.9 Å². The average molecular weight is 442 g/mol. The summed E-state index contributed by atoms with van der Waals surface area (Å²) < 4.78 is 34.6. The van der Waals surface area contributed by atoms with Gasteiger partial charge in [0.2, 0.25) is 15.9 Å². The molecule has 9 nitrogen and oxygen atoms in total. The largest absolute Gasteiger partial charge is 0.497 e. The Hall–Kier alpha value is -2.98. The van der Waals surface area contributed by atoms with Crippen molar-refractivity contribution in [3.63, 3.8) is 0 Å². The minimum Gasteiger partial charge on any atom is -0.497 e. The van der Waals surface area contributed by atoms with E-state index in [4.69, 9.17) is 4.74 Å². The Morgan fingerprint density at radius 3 is 2.77 bits per heavy atom. The van der Waals surface area contributed by atoms with E-state index in [2.05, 4.69) is 14.8 Å². The summed E-state index contributed by atoms with van der Waals surface area (Å²) in [5.41, 5.74) is 3.80. The van der Waals surface area contributed by atoms with E-state index in [0.717, 1.165) is 35.4 Å². The number of carbonyl (C=O) groups is 1. The van der Waals surface area contributed by atoms with Gasteiger partial charge in [0.25, 0.3) is 0 Å². The molecule has 1 saturated heterocycles. The molecule has 4 heterocycles. The lowest BCUT2D eigenvalue weighted by atomic mass is 9.99. The number of hydrogen-bond donors (Lipinski definition) is 1. The molecule has 10 heteroatoms. The molecule has 0 radical (unpaired) electrons. The quantitative estimate of drug-likeness (QED) is 0.645. The summed E-state index contributed by atoms with van der Waals surface area (Å²) in [6, 6.07) is 7.92. The van der Waals surface area contributed by atoms with E-state index in [-0.39, 0.29) is 29.4 Å². The number of carbonyl (C=O) groups excluding carboxylic acids is 1. The number of nitrogens with zero attached hydrogens (tertiary/aromatic N) is 4. The first kappa shape index (κ1) is 20.0. The molecule has 2 unspecified atom stereocenters. The van der Waals surface area contributed by atoms with Gasteiger partial charge in [-0.3, -0.25) is 4.79 Å². The number of hydrogen-bond acceptors (Lipinski definition) is 6. The lowest BCUT2D eigenvalue weighted by Crippen LogP contribution is -2.47. The maximum Gasteiger partial charge on any atom is 0.241 e. The number of nitrogens with one attached hydrogen (secondary N) is 1. The van der Waals surface area contributed by atoms with Gasteiger partial charge >= 0.3 is 0 Å². The number of rotatable bonds is 5. The molecule has 1 amide bonds. The van der Waals surface area contributed by atoms with Gasteiger partial charge in [-0.2, -0.15) is 5.10 Å². The second kappa shape index (κ2) is 7.31. The number of aromatic nitrogens is 3. The van der Waals surface area contributed by atoms with E-state index in [9.17, 15) is 13.2 Å². The lowest BCUT2D eigenvalue weighted by Gasteiger charge is -2.36. The first-order valence-corrected chi connectivity index (χ1v) is 11.6. The van der Waals surface area contributed by atoms with Crippen LogP contribution in [0.4, 0.5) is 0 Å². The summed E-state index contributed by atoms with van der Waals surface area (Å²) in [5.74, 6) is 0.334. The lowest BCUT2D eigenvalue weighted by molar-refractivity contribution is -0.133. The molecule has 2 atom stereocenters. The minimum atomic E-state index is -3.80. The number of methoxy groups -OCH3 is 1. The smallest absolute Gasteiger partial charge is 0.241 e. The molecule has 1 fully saturated rings. The van der Waals surface area contributed by atoms with E-state index in [1.54, 1.807) is 12.1 Å². The van der Waals surface area contributed by atoms with Crippen LogP contribution in [-0.4, -0.2) is 53.5 Å². The molecule has 162 valence electrons. The monoisotopic (exact) mass is 441 g/mol. The van der Waals surface area contributed by atoms with Crippen LogP contribution in [0.3, 0.4) is 0 Å². The zero-order valence-electron chi connectivity index (χ0n) is 17.3. The predicted molar refractivity (Wildman–Crippen MR) is 112 cm³/mol. The minimum absolute atomic E-state index is 0.0330. The van der Waals surface area contributed by atoms with Crippen LogP contribution in [0, 0.1) is 6.92 Å².